The van der Waals surface area contributed by atoms with Gasteiger partial charge >= 0.3 is 0 Å². The lowest BCUT2D eigenvalue weighted by Crippen LogP contribution is -2.29. The van der Waals surface area contributed by atoms with E-state index in [1.807, 2.05) is 6.92 Å². The standard InChI is InChI=1S/C14H20N6O2S/c1-9-16-14(18-17-9)12-6-20(5-11(12)10-3-4-10)23(21,22)13-7-19(2)8-15-13/h7-8,10-12H,3-6H2,1-2H3,(H,16,17,18)/t11-,12+/m0/s1. The van der Waals surface area contributed by atoms with E-state index in [1.165, 1.54) is 19.2 Å². The Morgan fingerprint density at radius 3 is 2.65 bits per heavy atom. The van der Waals surface area contributed by atoms with Gasteiger partial charge in [-0.3, -0.25) is 5.10 Å². The molecule has 2 aliphatic rings. The van der Waals surface area contributed by atoms with Gasteiger partial charge in [-0.05, 0) is 31.6 Å². The number of hydrogen-bond donors (Lipinski definition) is 1. The van der Waals surface area contributed by atoms with Crippen molar-refractivity contribution in [3.8, 4) is 0 Å². The Labute approximate surface area is 135 Å². The molecule has 1 N–H and O–H groups in total. The van der Waals surface area contributed by atoms with Crippen molar-refractivity contribution in [2.75, 3.05) is 13.1 Å². The summed E-state index contributed by atoms with van der Waals surface area (Å²) >= 11 is 0. The Morgan fingerprint density at radius 1 is 1.30 bits per heavy atom. The minimum Gasteiger partial charge on any atom is -0.339 e. The maximum absolute atomic E-state index is 12.8. The summed E-state index contributed by atoms with van der Waals surface area (Å²) in [5, 5.41) is 7.26. The van der Waals surface area contributed by atoms with Crippen LogP contribution < -0.4 is 0 Å². The average molecular weight is 336 g/mol. The van der Waals surface area contributed by atoms with E-state index in [9.17, 15) is 8.42 Å². The molecule has 23 heavy (non-hydrogen) atoms. The van der Waals surface area contributed by atoms with Crippen LogP contribution in [0.15, 0.2) is 17.6 Å². The fourth-order valence-electron chi connectivity index (χ4n) is 3.44. The van der Waals surface area contributed by atoms with Crippen molar-refractivity contribution in [2.24, 2.45) is 18.9 Å². The van der Waals surface area contributed by atoms with Gasteiger partial charge < -0.3 is 4.57 Å². The zero-order valence-corrected chi connectivity index (χ0v) is 14.0. The van der Waals surface area contributed by atoms with Gasteiger partial charge in [0.25, 0.3) is 10.0 Å². The van der Waals surface area contributed by atoms with Gasteiger partial charge in [0, 0.05) is 32.3 Å². The van der Waals surface area contributed by atoms with Crippen LogP contribution in [0.1, 0.15) is 30.4 Å². The molecule has 8 nitrogen and oxygen atoms in total. The maximum Gasteiger partial charge on any atom is 0.262 e. The van der Waals surface area contributed by atoms with Crippen LogP contribution in [0.3, 0.4) is 0 Å². The van der Waals surface area contributed by atoms with E-state index in [1.54, 1.807) is 22.1 Å². The molecule has 0 aromatic carbocycles. The molecule has 0 unspecified atom stereocenters. The molecular weight excluding hydrogens is 316 g/mol. The number of nitrogens with zero attached hydrogens (tertiary/aromatic N) is 5. The highest BCUT2D eigenvalue weighted by Crippen LogP contribution is 2.47. The SMILES string of the molecule is Cc1nc([C@@H]2CN(S(=O)(=O)c3cn(C)cn3)C[C@H]2C2CC2)n[nH]1. The number of aromatic nitrogens is 5. The third-order valence-electron chi connectivity index (χ3n) is 4.79. The van der Waals surface area contributed by atoms with Gasteiger partial charge in [-0.1, -0.05) is 0 Å². The van der Waals surface area contributed by atoms with E-state index in [4.69, 9.17) is 0 Å². The van der Waals surface area contributed by atoms with Crippen LogP contribution in [0.25, 0.3) is 0 Å². The minimum atomic E-state index is -3.56. The molecule has 0 amide bonds. The van der Waals surface area contributed by atoms with Gasteiger partial charge in [0.15, 0.2) is 10.9 Å². The molecule has 0 bridgehead atoms. The third-order valence-corrected chi connectivity index (χ3v) is 6.51. The van der Waals surface area contributed by atoms with E-state index in [2.05, 4.69) is 20.2 Å². The third kappa shape index (κ3) is 2.57. The molecule has 1 saturated carbocycles. The van der Waals surface area contributed by atoms with Crippen molar-refractivity contribution >= 4 is 10.0 Å². The maximum atomic E-state index is 12.8. The van der Waals surface area contributed by atoms with E-state index < -0.39 is 10.0 Å². The van der Waals surface area contributed by atoms with Crippen molar-refractivity contribution in [3.63, 3.8) is 0 Å². The fraction of sp³-hybridized carbons (Fsp3) is 0.643. The lowest BCUT2D eigenvalue weighted by Gasteiger charge is -2.14. The van der Waals surface area contributed by atoms with Gasteiger partial charge in [-0.15, -0.1) is 0 Å². The number of rotatable bonds is 4. The topological polar surface area (TPSA) is 96.8 Å². The second-order valence-corrected chi connectivity index (χ2v) is 8.47. The monoisotopic (exact) mass is 336 g/mol. The minimum absolute atomic E-state index is 0.0611. The predicted octanol–water partition coefficient (Wildman–Crippen LogP) is 0.661. The second kappa shape index (κ2) is 5.13. The molecule has 124 valence electrons. The molecular formula is C14H20N6O2S. The second-order valence-electron chi connectivity index (χ2n) is 6.59. The molecule has 2 atom stereocenters. The number of hydrogen-bond acceptors (Lipinski definition) is 5. The van der Waals surface area contributed by atoms with E-state index in [-0.39, 0.29) is 10.9 Å². The Morgan fingerprint density at radius 2 is 2.09 bits per heavy atom. The lowest BCUT2D eigenvalue weighted by molar-refractivity contribution is 0.423. The Kier molecular flexibility index (Phi) is 3.31. The normalized spacial score (nSPS) is 26.0. The van der Waals surface area contributed by atoms with Gasteiger partial charge in [-0.25, -0.2) is 18.4 Å². The molecule has 2 aromatic rings. The van der Waals surface area contributed by atoms with Crippen LogP contribution in [-0.2, 0) is 17.1 Å². The number of nitrogens with one attached hydrogen (secondary N) is 1. The number of aryl methyl sites for hydroxylation is 2. The number of sulfonamides is 1. The molecule has 4 rings (SSSR count). The van der Waals surface area contributed by atoms with Gasteiger partial charge in [-0.2, -0.15) is 9.40 Å². The van der Waals surface area contributed by atoms with Gasteiger partial charge in [0.1, 0.15) is 5.82 Å². The predicted molar refractivity (Wildman–Crippen MR) is 82.0 cm³/mol. The van der Waals surface area contributed by atoms with Crippen LogP contribution in [0, 0.1) is 18.8 Å². The zero-order chi connectivity index (χ0) is 16.2. The van der Waals surface area contributed by atoms with Crippen molar-refractivity contribution in [1.29, 1.82) is 0 Å². The molecule has 2 fully saturated rings. The molecule has 2 aromatic heterocycles. The fourth-order valence-corrected chi connectivity index (χ4v) is 4.91. The van der Waals surface area contributed by atoms with Gasteiger partial charge in [0.05, 0.1) is 6.33 Å². The first kappa shape index (κ1) is 14.8. The summed E-state index contributed by atoms with van der Waals surface area (Å²) in [6.45, 7) is 2.82. The first-order valence-corrected chi connectivity index (χ1v) is 9.26. The van der Waals surface area contributed by atoms with Crippen molar-refractivity contribution in [1.82, 2.24) is 29.0 Å². The van der Waals surface area contributed by atoms with Gasteiger partial charge in [0.2, 0.25) is 0 Å². The van der Waals surface area contributed by atoms with E-state index >= 15 is 0 Å². The smallest absolute Gasteiger partial charge is 0.262 e. The highest BCUT2D eigenvalue weighted by Gasteiger charge is 2.48. The molecule has 1 aliphatic heterocycles. The Bertz CT molecular complexity index is 822. The van der Waals surface area contributed by atoms with Crippen molar-refractivity contribution < 1.29 is 8.42 Å². The number of aromatic amines is 1. The van der Waals surface area contributed by atoms with Crippen LogP contribution in [-0.4, -0.2) is 50.5 Å². The number of imidazole rings is 1. The summed E-state index contributed by atoms with van der Waals surface area (Å²) in [6, 6.07) is 0. The average Bonchev–Trinajstić information content (AvgIpc) is 2.91. The molecule has 0 spiro atoms. The zero-order valence-electron chi connectivity index (χ0n) is 13.2. The summed E-state index contributed by atoms with van der Waals surface area (Å²) in [5.74, 6) is 2.44. The molecule has 1 aliphatic carbocycles. The van der Waals surface area contributed by atoms with Crippen LogP contribution in [0.4, 0.5) is 0 Å². The largest absolute Gasteiger partial charge is 0.339 e. The van der Waals surface area contributed by atoms with Crippen LogP contribution >= 0.6 is 0 Å². The summed E-state index contributed by atoms with van der Waals surface area (Å²) < 4.78 is 28.8. The molecule has 9 heteroatoms. The molecule has 0 radical (unpaired) electrons. The summed E-state index contributed by atoms with van der Waals surface area (Å²) in [6.07, 6.45) is 5.40. The van der Waals surface area contributed by atoms with E-state index in [0.717, 1.165) is 11.6 Å². The van der Waals surface area contributed by atoms with Crippen molar-refractivity contribution in [3.05, 3.63) is 24.2 Å². The first-order chi connectivity index (χ1) is 10.9. The summed E-state index contributed by atoms with van der Waals surface area (Å²) in [7, 11) is -1.79. The highest BCUT2D eigenvalue weighted by molar-refractivity contribution is 7.89. The highest BCUT2D eigenvalue weighted by atomic mass is 32.2. The molecule has 1 saturated heterocycles. The Hall–Kier alpha value is -1.74. The van der Waals surface area contributed by atoms with Crippen LogP contribution in [0.5, 0.6) is 0 Å². The van der Waals surface area contributed by atoms with Crippen LogP contribution in [0.2, 0.25) is 0 Å². The Balaban J connectivity index is 1.64. The van der Waals surface area contributed by atoms with Crippen molar-refractivity contribution in [2.45, 2.75) is 30.7 Å². The summed E-state index contributed by atoms with van der Waals surface area (Å²) in [5.41, 5.74) is 0. The first-order valence-electron chi connectivity index (χ1n) is 7.82. The molecule has 3 heterocycles. The van der Waals surface area contributed by atoms with E-state index in [0.29, 0.717) is 24.9 Å². The quantitative estimate of drug-likeness (QED) is 0.885. The summed E-state index contributed by atoms with van der Waals surface area (Å²) in [4.78, 5) is 8.45. The lowest BCUT2D eigenvalue weighted by atomic mass is 9.91. The number of H-pyrrole nitrogens is 1.